The molecule has 0 spiro atoms. The number of rotatable bonds is 9. The molecule has 1 aromatic rings. The molecule has 0 aliphatic rings. The highest BCUT2D eigenvalue weighted by Gasteiger charge is 2.20. The van der Waals surface area contributed by atoms with Crippen molar-refractivity contribution in [1.29, 1.82) is 0 Å². The summed E-state index contributed by atoms with van der Waals surface area (Å²) in [7, 11) is -1.56. The molecule has 0 aliphatic heterocycles. The maximum absolute atomic E-state index is 12.4. The molecule has 21 heavy (non-hydrogen) atoms. The zero-order valence-electron chi connectivity index (χ0n) is 13.2. The van der Waals surface area contributed by atoms with Crippen molar-refractivity contribution in [1.82, 2.24) is 4.72 Å². The largest absolute Gasteiger partial charge is 0.374 e. The summed E-state index contributed by atoms with van der Waals surface area (Å²) in [6.07, 6.45) is 3.06. The van der Waals surface area contributed by atoms with Crippen LogP contribution in [0.3, 0.4) is 0 Å². The van der Waals surface area contributed by atoms with Gasteiger partial charge in [0.25, 0.3) is 0 Å². The molecule has 3 N–H and O–H groups in total. The quantitative estimate of drug-likeness (QED) is 0.683. The van der Waals surface area contributed by atoms with Crippen LogP contribution in [0.15, 0.2) is 29.2 Å². The Hall–Kier alpha value is -1.11. The third-order valence-corrected chi connectivity index (χ3v) is 4.86. The molecule has 0 unspecified atom stereocenters. The topological polar surface area (TPSA) is 75.4 Å². The van der Waals surface area contributed by atoms with Gasteiger partial charge < -0.3 is 10.6 Å². The maximum atomic E-state index is 12.4. The number of hydrogen-bond donors (Lipinski definition) is 2. The molecule has 0 amide bonds. The molecular formula is C15H27N3O2S. The van der Waals surface area contributed by atoms with Crippen LogP contribution in [0.2, 0.25) is 0 Å². The minimum absolute atomic E-state index is 0.127. The predicted molar refractivity (Wildman–Crippen MR) is 88.1 cm³/mol. The van der Waals surface area contributed by atoms with Gasteiger partial charge in [0.15, 0.2) is 0 Å². The Morgan fingerprint density at radius 1 is 1.19 bits per heavy atom. The molecular weight excluding hydrogens is 286 g/mol. The lowest BCUT2D eigenvalue weighted by molar-refractivity contribution is 0.569. The Balaban J connectivity index is 2.88. The van der Waals surface area contributed by atoms with Crippen molar-refractivity contribution < 1.29 is 8.42 Å². The summed E-state index contributed by atoms with van der Waals surface area (Å²) in [4.78, 5) is 2.32. The van der Waals surface area contributed by atoms with Gasteiger partial charge in [0.1, 0.15) is 4.90 Å². The van der Waals surface area contributed by atoms with Crippen molar-refractivity contribution in [2.24, 2.45) is 5.73 Å². The van der Waals surface area contributed by atoms with Gasteiger partial charge in [0.2, 0.25) is 10.0 Å². The van der Waals surface area contributed by atoms with E-state index in [9.17, 15) is 8.42 Å². The van der Waals surface area contributed by atoms with Gasteiger partial charge in [-0.3, -0.25) is 0 Å². The summed E-state index contributed by atoms with van der Waals surface area (Å²) in [5.41, 5.74) is 6.22. The molecule has 0 atom stereocenters. The van der Waals surface area contributed by atoms with Gasteiger partial charge in [-0.15, -0.1) is 0 Å². The van der Waals surface area contributed by atoms with Crippen LogP contribution in [0, 0.1) is 0 Å². The fourth-order valence-electron chi connectivity index (χ4n) is 2.16. The van der Waals surface area contributed by atoms with Crippen molar-refractivity contribution in [3.8, 4) is 0 Å². The summed E-state index contributed by atoms with van der Waals surface area (Å²) in [6.45, 7) is 5.15. The Morgan fingerprint density at radius 2 is 1.86 bits per heavy atom. The first-order chi connectivity index (χ1) is 9.88. The maximum Gasteiger partial charge on any atom is 0.242 e. The standard InChI is InChI=1S/C15H27N3O2S/c1-13(2)17-21(19,20)15-10-6-5-9-14(15)18(3)12-8-4-7-11-16/h5-6,9-10,13,17H,4,7-8,11-12,16H2,1-3H3. The van der Waals surface area contributed by atoms with Crippen LogP contribution in [0.4, 0.5) is 5.69 Å². The van der Waals surface area contributed by atoms with E-state index in [-0.39, 0.29) is 6.04 Å². The zero-order chi connectivity index (χ0) is 15.9. The van der Waals surface area contributed by atoms with Gasteiger partial charge in [-0.25, -0.2) is 13.1 Å². The second kappa shape index (κ2) is 8.36. The average Bonchev–Trinajstić information content (AvgIpc) is 2.42. The zero-order valence-corrected chi connectivity index (χ0v) is 14.0. The van der Waals surface area contributed by atoms with Crippen LogP contribution < -0.4 is 15.4 Å². The molecule has 0 saturated heterocycles. The minimum atomic E-state index is -3.48. The van der Waals surface area contributed by atoms with E-state index in [1.165, 1.54) is 0 Å². The van der Waals surface area contributed by atoms with Crippen LogP contribution in [-0.2, 0) is 10.0 Å². The van der Waals surface area contributed by atoms with E-state index in [1.54, 1.807) is 12.1 Å². The number of nitrogens with zero attached hydrogens (tertiary/aromatic N) is 1. The molecule has 1 aromatic carbocycles. The third-order valence-electron chi connectivity index (χ3n) is 3.15. The first-order valence-corrected chi connectivity index (χ1v) is 8.89. The second-order valence-electron chi connectivity index (χ2n) is 5.51. The second-order valence-corrected chi connectivity index (χ2v) is 7.20. The molecule has 5 nitrogen and oxygen atoms in total. The van der Waals surface area contributed by atoms with Gasteiger partial charge in [0.05, 0.1) is 5.69 Å². The Labute approximate surface area is 128 Å². The lowest BCUT2D eigenvalue weighted by Crippen LogP contribution is -2.32. The highest BCUT2D eigenvalue weighted by molar-refractivity contribution is 7.89. The van der Waals surface area contributed by atoms with Gasteiger partial charge in [-0.05, 0) is 45.4 Å². The fraction of sp³-hybridized carbons (Fsp3) is 0.600. The highest BCUT2D eigenvalue weighted by atomic mass is 32.2. The van der Waals surface area contributed by atoms with Crippen LogP contribution in [0.1, 0.15) is 33.1 Å². The first kappa shape index (κ1) is 17.9. The Kier molecular flexibility index (Phi) is 7.14. The summed E-state index contributed by atoms with van der Waals surface area (Å²) in [5, 5.41) is 0. The van der Waals surface area contributed by atoms with Gasteiger partial charge >= 0.3 is 0 Å². The van der Waals surface area contributed by atoms with E-state index in [2.05, 4.69) is 4.72 Å². The first-order valence-electron chi connectivity index (χ1n) is 7.41. The van der Waals surface area contributed by atoms with Crippen molar-refractivity contribution in [2.75, 3.05) is 25.0 Å². The molecule has 0 radical (unpaired) electrons. The summed E-state index contributed by atoms with van der Waals surface area (Å²) in [6, 6.07) is 6.98. The number of nitrogens with two attached hydrogens (primary N) is 1. The molecule has 0 aromatic heterocycles. The van der Waals surface area contributed by atoms with E-state index in [1.807, 2.05) is 37.9 Å². The fourth-order valence-corrected chi connectivity index (χ4v) is 3.67. The van der Waals surface area contributed by atoms with Gasteiger partial charge in [-0.1, -0.05) is 18.6 Å². The van der Waals surface area contributed by atoms with Crippen LogP contribution in [0.5, 0.6) is 0 Å². The molecule has 120 valence electrons. The van der Waals surface area contributed by atoms with Crippen molar-refractivity contribution in [3.05, 3.63) is 24.3 Å². The summed E-state index contributed by atoms with van der Waals surface area (Å²) < 4.78 is 27.4. The number of para-hydroxylation sites is 1. The summed E-state index contributed by atoms with van der Waals surface area (Å²) in [5.74, 6) is 0. The number of unbranched alkanes of at least 4 members (excludes halogenated alkanes) is 2. The van der Waals surface area contributed by atoms with Gasteiger partial charge in [0, 0.05) is 19.6 Å². The predicted octanol–water partition coefficient (Wildman–Crippen LogP) is 1.94. The summed E-state index contributed by atoms with van der Waals surface area (Å²) >= 11 is 0. The van der Waals surface area contributed by atoms with E-state index < -0.39 is 10.0 Å². The normalized spacial score (nSPS) is 11.9. The lowest BCUT2D eigenvalue weighted by atomic mass is 10.2. The van der Waals surface area contributed by atoms with Crippen LogP contribution in [-0.4, -0.2) is 34.6 Å². The number of hydrogen-bond acceptors (Lipinski definition) is 4. The molecule has 0 heterocycles. The molecule has 6 heteroatoms. The van der Waals surface area contributed by atoms with Crippen molar-refractivity contribution in [3.63, 3.8) is 0 Å². The number of benzene rings is 1. The number of sulfonamides is 1. The number of nitrogens with one attached hydrogen (secondary N) is 1. The highest BCUT2D eigenvalue weighted by Crippen LogP contribution is 2.24. The Morgan fingerprint density at radius 3 is 2.48 bits per heavy atom. The van der Waals surface area contributed by atoms with E-state index >= 15 is 0 Å². The lowest BCUT2D eigenvalue weighted by Gasteiger charge is -2.23. The van der Waals surface area contributed by atoms with Crippen LogP contribution in [0.25, 0.3) is 0 Å². The minimum Gasteiger partial charge on any atom is -0.374 e. The van der Waals surface area contributed by atoms with Crippen molar-refractivity contribution >= 4 is 15.7 Å². The monoisotopic (exact) mass is 313 g/mol. The smallest absolute Gasteiger partial charge is 0.242 e. The van der Waals surface area contributed by atoms with E-state index in [0.29, 0.717) is 11.4 Å². The van der Waals surface area contributed by atoms with Crippen LogP contribution >= 0.6 is 0 Å². The Bertz CT molecular complexity index is 529. The SMILES string of the molecule is CC(C)NS(=O)(=O)c1ccccc1N(C)CCCCCN. The van der Waals surface area contributed by atoms with Crippen molar-refractivity contribution in [2.45, 2.75) is 44.0 Å². The van der Waals surface area contributed by atoms with Gasteiger partial charge in [-0.2, -0.15) is 0 Å². The van der Waals surface area contributed by atoms with E-state index in [0.717, 1.165) is 31.5 Å². The molecule has 0 saturated carbocycles. The molecule has 1 rings (SSSR count). The molecule has 0 bridgehead atoms. The average molecular weight is 313 g/mol. The molecule has 0 aliphatic carbocycles. The van der Waals surface area contributed by atoms with E-state index in [4.69, 9.17) is 5.73 Å². The number of anilines is 1. The third kappa shape index (κ3) is 5.65. The molecule has 0 fully saturated rings.